The third-order valence-corrected chi connectivity index (χ3v) is 5.81. The van der Waals surface area contributed by atoms with E-state index in [1.54, 1.807) is 11.7 Å². The molecule has 0 aliphatic carbocycles. The Hall–Kier alpha value is -1.52. The van der Waals surface area contributed by atoms with Gasteiger partial charge in [-0.3, -0.25) is 14.4 Å². The highest BCUT2D eigenvalue weighted by Crippen LogP contribution is 2.41. The van der Waals surface area contributed by atoms with Crippen LogP contribution in [0.4, 0.5) is 0 Å². The van der Waals surface area contributed by atoms with Crippen LogP contribution in [0.15, 0.2) is 16.4 Å². The lowest BCUT2D eigenvalue weighted by molar-refractivity contribution is -0.159. The molecule has 1 amide bonds. The smallest absolute Gasteiger partial charge is 0.352 e. The monoisotopic (exact) mass is 342 g/mol. The Kier molecular flexibility index (Phi) is 3.91. The molecule has 0 aromatic carbocycles. The van der Waals surface area contributed by atoms with Crippen molar-refractivity contribution in [2.75, 3.05) is 11.5 Å². The lowest BCUT2D eigenvalue weighted by Crippen LogP contribution is -2.64. The maximum Gasteiger partial charge on any atom is 0.352 e. The first kappa shape index (κ1) is 15.4. The van der Waals surface area contributed by atoms with Gasteiger partial charge in [0.15, 0.2) is 6.10 Å². The first-order chi connectivity index (χ1) is 10.4. The Balaban J connectivity index is 1.81. The number of β-lactam (4-membered cyclic amide) rings is 1. The summed E-state index contributed by atoms with van der Waals surface area (Å²) in [6.07, 6.45) is -1.10. The summed E-state index contributed by atoms with van der Waals surface area (Å²) >= 11 is 2.71. The average molecular weight is 342 g/mol. The standard InChI is InChI=1S/C12H14N4O4S2/c1-5-13-12(14-15(5)2)22-4-6-3-21-10-8(17)9(18)16(10)7(6)11(19)20/h8,10,17H,3-4H2,1-2H3,(H,19,20)/t8-,10-/m1/s1. The van der Waals surface area contributed by atoms with Crippen molar-refractivity contribution in [3.8, 4) is 0 Å². The Morgan fingerprint density at radius 3 is 2.86 bits per heavy atom. The van der Waals surface area contributed by atoms with Crippen molar-refractivity contribution >= 4 is 35.4 Å². The van der Waals surface area contributed by atoms with Crippen LogP contribution in [0.5, 0.6) is 0 Å². The number of fused-ring (bicyclic) bond motifs is 1. The van der Waals surface area contributed by atoms with Gasteiger partial charge in [-0.1, -0.05) is 11.8 Å². The van der Waals surface area contributed by atoms with E-state index in [0.717, 1.165) is 5.82 Å². The van der Waals surface area contributed by atoms with Crippen LogP contribution in [0, 0.1) is 6.92 Å². The summed E-state index contributed by atoms with van der Waals surface area (Å²) in [4.78, 5) is 28.6. The maximum absolute atomic E-state index is 11.7. The molecule has 3 rings (SSSR count). The second-order valence-corrected chi connectivity index (χ2v) is 7.01. The predicted octanol–water partition coefficient (Wildman–Crippen LogP) is -0.170. The van der Waals surface area contributed by atoms with E-state index in [1.807, 2.05) is 6.92 Å². The van der Waals surface area contributed by atoms with Gasteiger partial charge in [-0.2, -0.15) is 0 Å². The largest absolute Gasteiger partial charge is 0.477 e. The molecule has 2 N–H and O–H groups in total. The van der Waals surface area contributed by atoms with Crippen LogP contribution in [0.25, 0.3) is 0 Å². The SMILES string of the molecule is Cc1nc(SCC2=C(C(=O)O)N3C(=O)[C@@H](O)[C@H]3SC2)nn1C. The molecular formula is C12H14N4O4S2. The molecule has 0 spiro atoms. The number of thioether (sulfide) groups is 2. The van der Waals surface area contributed by atoms with E-state index in [2.05, 4.69) is 10.1 Å². The molecule has 1 aromatic heterocycles. The van der Waals surface area contributed by atoms with Gasteiger partial charge in [0.05, 0.1) is 0 Å². The highest BCUT2D eigenvalue weighted by atomic mass is 32.2. The summed E-state index contributed by atoms with van der Waals surface area (Å²) < 4.78 is 1.65. The molecule has 1 aromatic rings. The number of aliphatic hydroxyl groups is 1. The number of carboxylic acid groups (broad SMARTS) is 1. The number of amides is 1. The van der Waals surface area contributed by atoms with Gasteiger partial charge in [-0.25, -0.2) is 9.78 Å². The number of hydrogen-bond donors (Lipinski definition) is 2. The van der Waals surface area contributed by atoms with Crippen LogP contribution in [0.1, 0.15) is 5.82 Å². The van der Waals surface area contributed by atoms with Gasteiger partial charge in [0, 0.05) is 18.6 Å². The van der Waals surface area contributed by atoms with E-state index in [9.17, 15) is 19.8 Å². The summed E-state index contributed by atoms with van der Waals surface area (Å²) in [6.45, 7) is 1.83. The van der Waals surface area contributed by atoms with Crippen LogP contribution >= 0.6 is 23.5 Å². The number of aliphatic hydroxyl groups excluding tert-OH is 1. The molecule has 10 heteroatoms. The second-order valence-electron chi connectivity index (χ2n) is 4.97. The fourth-order valence-electron chi connectivity index (χ4n) is 2.29. The number of hydrogen-bond acceptors (Lipinski definition) is 7. The molecule has 8 nitrogen and oxygen atoms in total. The minimum atomic E-state index is -1.15. The Labute approximate surface area is 134 Å². The quantitative estimate of drug-likeness (QED) is 0.573. The fraction of sp³-hybridized carbons (Fsp3) is 0.500. The molecule has 118 valence electrons. The van der Waals surface area contributed by atoms with Crippen molar-refractivity contribution in [2.24, 2.45) is 7.05 Å². The van der Waals surface area contributed by atoms with Crippen molar-refractivity contribution in [3.05, 3.63) is 17.1 Å². The van der Waals surface area contributed by atoms with Crippen LogP contribution in [-0.4, -0.2) is 64.7 Å². The third-order valence-electron chi connectivity index (χ3n) is 3.56. The van der Waals surface area contributed by atoms with E-state index in [1.165, 1.54) is 28.4 Å². The number of aryl methyl sites for hydroxylation is 2. The lowest BCUT2D eigenvalue weighted by Gasteiger charge is -2.47. The van der Waals surface area contributed by atoms with Crippen molar-refractivity contribution in [1.29, 1.82) is 0 Å². The van der Waals surface area contributed by atoms with E-state index in [4.69, 9.17) is 0 Å². The van der Waals surface area contributed by atoms with Gasteiger partial charge < -0.3 is 10.2 Å². The molecule has 0 saturated carbocycles. The zero-order valence-electron chi connectivity index (χ0n) is 11.9. The number of rotatable bonds is 4. The Bertz CT molecular complexity index is 667. The van der Waals surface area contributed by atoms with Crippen LogP contribution in [0.2, 0.25) is 0 Å². The van der Waals surface area contributed by atoms with Crippen LogP contribution in [-0.2, 0) is 16.6 Å². The topological polar surface area (TPSA) is 109 Å². The van der Waals surface area contributed by atoms with Crippen LogP contribution in [0.3, 0.4) is 0 Å². The average Bonchev–Trinajstić information content (AvgIpc) is 2.81. The number of carbonyl (C=O) groups excluding carboxylic acids is 1. The number of aliphatic carboxylic acids is 1. The number of carboxylic acids is 1. The second kappa shape index (κ2) is 5.60. The Morgan fingerprint density at radius 1 is 1.55 bits per heavy atom. The van der Waals surface area contributed by atoms with E-state index >= 15 is 0 Å². The molecule has 1 fully saturated rings. The van der Waals surface area contributed by atoms with Crippen molar-refractivity contribution < 1.29 is 19.8 Å². The van der Waals surface area contributed by atoms with E-state index < -0.39 is 23.4 Å². The fourth-order valence-corrected chi connectivity index (χ4v) is 4.60. The van der Waals surface area contributed by atoms with Gasteiger partial charge in [-0.05, 0) is 12.5 Å². The molecule has 22 heavy (non-hydrogen) atoms. The zero-order chi connectivity index (χ0) is 16.0. The highest BCUT2D eigenvalue weighted by Gasteiger charge is 2.52. The zero-order valence-corrected chi connectivity index (χ0v) is 13.5. The first-order valence-corrected chi connectivity index (χ1v) is 8.52. The number of aromatic nitrogens is 3. The number of nitrogens with zero attached hydrogens (tertiary/aromatic N) is 4. The minimum absolute atomic E-state index is 0.0146. The van der Waals surface area contributed by atoms with Crippen molar-refractivity contribution in [3.63, 3.8) is 0 Å². The summed E-state index contributed by atoms with van der Waals surface area (Å²) in [5.41, 5.74) is 0.628. The molecule has 1 saturated heterocycles. The van der Waals surface area contributed by atoms with Gasteiger partial charge in [0.2, 0.25) is 5.16 Å². The predicted molar refractivity (Wildman–Crippen MR) is 80.2 cm³/mol. The third kappa shape index (κ3) is 2.40. The molecule has 2 aliphatic heterocycles. The van der Waals surface area contributed by atoms with Crippen molar-refractivity contribution in [2.45, 2.75) is 23.6 Å². The van der Waals surface area contributed by atoms with E-state index in [0.29, 0.717) is 22.2 Å². The molecule has 2 aliphatic rings. The molecule has 3 heterocycles. The first-order valence-electron chi connectivity index (χ1n) is 6.48. The summed E-state index contributed by atoms with van der Waals surface area (Å²) in [7, 11) is 1.79. The summed E-state index contributed by atoms with van der Waals surface area (Å²) in [5, 5.41) is 23.3. The minimum Gasteiger partial charge on any atom is -0.477 e. The van der Waals surface area contributed by atoms with Gasteiger partial charge in [-0.15, -0.1) is 16.9 Å². The molecule has 0 radical (unpaired) electrons. The number of carbonyl (C=O) groups is 2. The molecule has 0 bridgehead atoms. The summed E-state index contributed by atoms with van der Waals surface area (Å²) in [5.74, 6) is -0.0688. The van der Waals surface area contributed by atoms with Crippen molar-refractivity contribution in [1.82, 2.24) is 19.7 Å². The van der Waals surface area contributed by atoms with Gasteiger partial charge >= 0.3 is 5.97 Å². The maximum atomic E-state index is 11.7. The summed E-state index contributed by atoms with van der Waals surface area (Å²) in [6, 6.07) is 0. The van der Waals surface area contributed by atoms with Gasteiger partial charge in [0.25, 0.3) is 5.91 Å². The van der Waals surface area contributed by atoms with Gasteiger partial charge in [0.1, 0.15) is 16.9 Å². The molecule has 0 unspecified atom stereocenters. The molecular weight excluding hydrogens is 328 g/mol. The molecule has 2 atom stereocenters. The Morgan fingerprint density at radius 2 is 2.27 bits per heavy atom. The highest BCUT2D eigenvalue weighted by molar-refractivity contribution is 8.01. The normalized spacial score (nSPS) is 24.3. The van der Waals surface area contributed by atoms with E-state index in [-0.39, 0.29) is 5.70 Å². The lowest BCUT2D eigenvalue weighted by atomic mass is 10.1. The van der Waals surface area contributed by atoms with Crippen LogP contribution < -0.4 is 0 Å².